The molecule has 1 aliphatic rings. The van der Waals surface area contributed by atoms with Crippen LogP contribution in [0.4, 0.5) is 23.8 Å². The molecule has 6 nitrogen and oxygen atoms in total. The fourth-order valence-corrected chi connectivity index (χ4v) is 2.84. The molecule has 2 aromatic rings. The number of hydrogen-bond acceptors (Lipinski definition) is 4. The van der Waals surface area contributed by atoms with Crippen molar-refractivity contribution < 1.29 is 22.7 Å². The normalized spacial score (nSPS) is 14.3. The summed E-state index contributed by atoms with van der Waals surface area (Å²) in [4.78, 5) is 13.6. The number of ether oxygens (including phenoxy) is 1. The summed E-state index contributed by atoms with van der Waals surface area (Å²) < 4.78 is 45.2. The largest absolute Gasteiger partial charge is 0.445 e. The Balaban J connectivity index is 1.64. The maximum atomic E-state index is 12.8. The second-order valence-corrected chi connectivity index (χ2v) is 6.04. The Morgan fingerprint density at radius 1 is 1.28 bits per heavy atom. The van der Waals surface area contributed by atoms with Crippen molar-refractivity contribution in [1.82, 2.24) is 14.7 Å². The molecule has 1 aromatic carbocycles. The number of aromatic nitrogens is 2. The molecule has 134 valence electrons. The SMILES string of the molecule is Nc1cc2n(n1)CCN(C(=O)OCc1cc(Cl)cc(C(F)(F)F)c1)C2. The molecule has 3 rings (SSSR count). The molecule has 2 heterocycles. The number of rotatable bonds is 2. The third-order valence-corrected chi connectivity index (χ3v) is 3.94. The van der Waals surface area contributed by atoms with Gasteiger partial charge in [-0.05, 0) is 23.8 Å². The van der Waals surface area contributed by atoms with Gasteiger partial charge in [-0.1, -0.05) is 11.6 Å². The molecule has 25 heavy (non-hydrogen) atoms. The maximum Gasteiger partial charge on any atom is 0.416 e. The van der Waals surface area contributed by atoms with Crippen LogP contribution in [0, 0.1) is 0 Å². The third-order valence-electron chi connectivity index (χ3n) is 3.72. The summed E-state index contributed by atoms with van der Waals surface area (Å²) in [6.45, 7) is 0.806. The Hall–Kier alpha value is -2.42. The molecule has 0 saturated carbocycles. The monoisotopic (exact) mass is 374 g/mol. The molecule has 0 fully saturated rings. The highest BCUT2D eigenvalue weighted by Crippen LogP contribution is 2.32. The molecule has 0 saturated heterocycles. The van der Waals surface area contributed by atoms with E-state index in [0.717, 1.165) is 17.8 Å². The molecule has 2 N–H and O–H groups in total. The fourth-order valence-electron chi connectivity index (χ4n) is 2.58. The van der Waals surface area contributed by atoms with Gasteiger partial charge in [0.2, 0.25) is 0 Å². The number of benzene rings is 1. The molecule has 0 bridgehead atoms. The van der Waals surface area contributed by atoms with Gasteiger partial charge in [0.25, 0.3) is 0 Å². The van der Waals surface area contributed by atoms with E-state index in [4.69, 9.17) is 22.1 Å². The van der Waals surface area contributed by atoms with Crippen molar-refractivity contribution in [3.05, 3.63) is 46.1 Å². The van der Waals surface area contributed by atoms with Crippen molar-refractivity contribution in [2.45, 2.75) is 25.9 Å². The van der Waals surface area contributed by atoms with E-state index in [0.29, 0.717) is 18.9 Å². The summed E-state index contributed by atoms with van der Waals surface area (Å²) in [5, 5.41) is 4.00. The lowest BCUT2D eigenvalue weighted by Gasteiger charge is -2.26. The van der Waals surface area contributed by atoms with E-state index < -0.39 is 17.8 Å². The van der Waals surface area contributed by atoms with E-state index in [1.165, 1.54) is 11.0 Å². The minimum Gasteiger partial charge on any atom is -0.445 e. The van der Waals surface area contributed by atoms with Crippen LogP contribution in [0.15, 0.2) is 24.3 Å². The van der Waals surface area contributed by atoms with E-state index >= 15 is 0 Å². The number of nitrogen functional groups attached to an aromatic ring is 1. The van der Waals surface area contributed by atoms with Crippen LogP contribution in [0.3, 0.4) is 0 Å². The number of alkyl halides is 3. The third kappa shape index (κ3) is 3.98. The summed E-state index contributed by atoms with van der Waals surface area (Å²) in [5.74, 6) is 0.365. The Morgan fingerprint density at radius 3 is 2.76 bits per heavy atom. The molecule has 0 atom stereocenters. The quantitative estimate of drug-likeness (QED) is 0.875. The Morgan fingerprint density at radius 2 is 2.04 bits per heavy atom. The van der Waals surface area contributed by atoms with E-state index in [-0.39, 0.29) is 23.7 Å². The molecule has 0 unspecified atom stereocenters. The maximum absolute atomic E-state index is 12.8. The number of carbonyl (C=O) groups is 1. The summed E-state index contributed by atoms with van der Waals surface area (Å²) in [6.07, 6.45) is -5.14. The van der Waals surface area contributed by atoms with Crippen LogP contribution >= 0.6 is 11.6 Å². The van der Waals surface area contributed by atoms with Gasteiger partial charge in [-0.25, -0.2) is 4.79 Å². The fraction of sp³-hybridized carbons (Fsp3) is 0.333. The first kappa shape index (κ1) is 17.4. The Labute approximate surface area is 145 Å². The van der Waals surface area contributed by atoms with Gasteiger partial charge >= 0.3 is 12.3 Å². The van der Waals surface area contributed by atoms with E-state index in [1.54, 1.807) is 10.7 Å². The van der Waals surface area contributed by atoms with E-state index in [2.05, 4.69) is 5.10 Å². The van der Waals surface area contributed by atoms with Crippen molar-refractivity contribution >= 4 is 23.5 Å². The molecular weight excluding hydrogens is 361 g/mol. The first-order chi connectivity index (χ1) is 11.7. The number of hydrogen-bond donors (Lipinski definition) is 1. The summed E-state index contributed by atoms with van der Waals surface area (Å²) >= 11 is 5.71. The van der Waals surface area contributed by atoms with Crippen LogP contribution in [0.25, 0.3) is 0 Å². The number of carbonyl (C=O) groups excluding carboxylic acids is 1. The average Bonchev–Trinajstić information content (AvgIpc) is 2.90. The van der Waals surface area contributed by atoms with Gasteiger partial charge in [-0.3, -0.25) is 4.68 Å². The van der Waals surface area contributed by atoms with Crippen molar-refractivity contribution in [2.75, 3.05) is 12.3 Å². The Kier molecular flexibility index (Phi) is 4.51. The van der Waals surface area contributed by atoms with Gasteiger partial charge in [0.15, 0.2) is 0 Å². The molecule has 10 heteroatoms. The molecule has 1 aliphatic heterocycles. The van der Waals surface area contributed by atoms with Crippen LogP contribution in [0.1, 0.15) is 16.8 Å². The number of nitrogens with zero attached hydrogens (tertiary/aromatic N) is 3. The van der Waals surface area contributed by atoms with Crippen molar-refractivity contribution in [2.24, 2.45) is 0 Å². The lowest BCUT2D eigenvalue weighted by atomic mass is 10.1. The predicted molar refractivity (Wildman–Crippen MR) is 83.7 cm³/mol. The zero-order chi connectivity index (χ0) is 18.2. The first-order valence-electron chi connectivity index (χ1n) is 7.33. The number of anilines is 1. The van der Waals surface area contributed by atoms with E-state index in [9.17, 15) is 18.0 Å². The molecule has 1 aromatic heterocycles. The highest BCUT2D eigenvalue weighted by Gasteiger charge is 2.31. The van der Waals surface area contributed by atoms with E-state index in [1.807, 2.05) is 0 Å². The second kappa shape index (κ2) is 6.47. The Bertz CT molecular complexity index is 807. The molecule has 0 spiro atoms. The lowest BCUT2D eigenvalue weighted by Crippen LogP contribution is -2.38. The number of nitrogens with two attached hydrogens (primary N) is 1. The highest BCUT2D eigenvalue weighted by atomic mass is 35.5. The van der Waals surface area contributed by atoms with Crippen LogP contribution in [0.2, 0.25) is 5.02 Å². The lowest BCUT2D eigenvalue weighted by molar-refractivity contribution is -0.137. The highest BCUT2D eigenvalue weighted by molar-refractivity contribution is 6.30. The second-order valence-electron chi connectivity index (χ2n) is 5.61. The predicted octanol–water partition coefficient (Wildman–Crippen LogP) is 3.29. The van der Waals surface area contributed by atoms with Crippen molar-refractivity contribution in [3.63, 3.8) is 0 Å². The van der Waals surface area contributed by atoms with Gasteiger partial charge in [-0.2, -0.15) is 18.3 Å². The molecule has 0 radical (unpaired) electrons. The van der Waals surface area contributed by atoms with Crippen LogP contribution in [0.5, 0.6) is 0 Å². The van der Waals surface area contributed by atoms with Crippen LogP contribution < -0.4 is 5.73 Å². The van der Waals surface area contributed by atoms with Crippen molar-refractivity contribution in [1.29, 1.82) is 0 Å². The van der Waals surface area contributed by atoms with Gasteiger partial charge in [0.05, 0.1) is 24.3 Å². The van der Waals surface area contributed by atoms with Gasteiger partial charge in [0.1, 0.15) is 12.4 Å². The average molecular weight is 375 g/mol. The number of fused-ring (bicyclic) bond motifs is 1. The summed E-state index contributed by atoms with van der Waals surface area (Å²) in [6, 6.07) is 4.72. The van der Waals surface area contributed by atoms with Gasteiger partial charge in [-0.15, -0.1) is 0 Å². The van der Waals surface area contributed by atoms with Crippen molar-refractivity contribution in [3.8, 4) is 0 Å². The zero-order valence-electron chi connectivity index (χ0n) is 12.9. The standard InChI is InChI=1S/C15H14ClF3N4O2/c16-11-4-9(3-10(5-11)15(17,18)19)8-25-14(24)22-1-2-23-12(7-22)6-13(20)21-23/h3-6H,1-2,7-8H2,(H2,20,21). The van der Waals surface area contributed by atoms with Crippen LogP contribution in [-0.2, 0) is 30.6 Å². The van der Waals surface area contributed by atoms with Gasteiger partial charge in [0, 0.05) is 17.6 Å². The molecular formula is C15H14ClF3N4O2. The topological polar surface area (TPSA) is 73.4 Å². The van der Waals surface area contributed by atoms with Crippen LogP contribution in [-0.4, -0.2) is 27.3 Å². The minimum atomic E-state index is -4.52. The molecule has 0 aliphatic carbocycles. The number of amides is 1. The smallest absolute Gasteiger partial charge is 0.416 e. The van der Waals surface area contributed by atoms with Gasteiger partial charge < -0.3 is 15.4 Å². The molecule has 1 amide bonds. The summed E-state index contributed by atoms with van der Waals surface area (Å²) in [7, 11) is 0. The summed E-state index contributed by atoms with van der Waals surface area (Å²) in [5.41, 5.74) is 5.65. The first-order valence-corrected chi connectivity index (χ1v) is 7.71. The minimum absolute atomic E-state index is 0.0711. The zero-order valence-corrected chi connectivity index (χ0v) is 13.6. The number of halogens is 4.